The number of fused-ring (bicyclic) bond motifs is 1. The zero-order valence-corrected chi connectivity index (χ0v) is 14.7. The van der Waals surface area contributed by atoms with Crippen molar-refractivity contribution in [1.29, 1.82) is 0 Å². The van der Waals surface area contributed by atoms with Crippen LogP contribution in [-0.2, 0) is 0 Å². The third kappa shape index (κ3) is 3.86. The first-order valence-electron chi connectivity index (χ1n) is 9.62. The summed E-state index contributed by atoms with van der Waals surface area (Å²) in [5, 5.41) is 6.42. The average molecular weight is 344 g/mol. The molecule has 1 aromatic rings. The Labute approximate surface area is 149 Å². The van der Waals surface area contributed by atoms with E-state index in [4.69, 9.17) is 0 Å². The highest BCUT2D eigenvalue weighted by Crippen LogP contribution is 2.27. The van der Waals surface area contributed by atoms with Crippen molar-refractivity contribution in [2.24, 2.45) is 0 Å². The number of nitrogens with one attached hydrogen (secondary N) is 2. The molecule has 4 rings (SSSR count). The molecule has 0 spiro atoms. The van der Waals surface area contributed by atoms with Crippen LogP contribution in [-0.4, -0.2) is 65.2 Å². The van der Waals surface area contributed by atoms with E-state index >= 15 is 0 Å². The molecule has 2 atom stereocenters. The van der Waals surface area contributed by atoms with Gasteiger partial charge in [-0.2, -0.15) is 0 Å². The van der Waals surface area contributed by atoms with E-state index in [2.05, 4.69) is 30.4 Å². The maximum Gasteiger partial charge on any atom is 0.315 e. The van der Waals surface area contributed by atoms with Crippen molar-refractivity contribution in [1.82, 2.24) is 25.5 Å². The molecule has 0 radical (unpaired) electrons. The highest BCUT2D eigenvalue weighted by Gasteiger charge is 2.36. The predicted octanol–water partition coefficient (Wildman–Crippen LogP) is 1.37. The number of hydrogen-bond donors (Lipinski definition) is 2. The third-order valence-electron chi connectivity index (χ3n) is 5.84. The maximum atomic E-state index is 12.4. The van der Waals surface area contributed by atoms with E-state index < -0.39 is 0 Å². The summed E-state index contributed by atoms with van der Waals surface area (Å²) in [5.74, 6) is 0.786. The molecule has 3 saturated heterocycles. The lowest BCUT2D eigenvalue weighted by Crippen LogP contribution is -2.53. The van der Waals surface area contributed by atoms with Gasteiger partial charge in [-0.15, -0.1) is 0 Å². The molecule has 25 heavy (non-hydrogen) atoms. The molecule has 0 saturated carbocycles. The standard InChI is InChI=1S/C18H28N6O/c25-18(22-15-7-13-23-10-2-1-4-16(15)23)21-14-5-11-24(12-6-14)17-19-8-3-9-20-17/h3,8-9,14-16H,1-2,4-7,10-13H2,(H2,21,22,25)/t15-,16-/m1/s1. The van der Waals surface area contributed by atoms with Crippen molar-refractivity contribution in [2.45, 2.75) is 56.7 Å². The molecule has 3 aliphatic heterocycles. The molecule has 4 heterocycles. The molecule has 0 bridgehead atoms. The zero-order valence-electron chi connectivity index (χ0n) is 14.7. The van der Waals surface area contributed by atoms with E-state index in [9.17, 15) is 4.79 Å². The van der Waals surface area contributed by atoms with Gasteiger partial charge in [0.25, 0.3) is 0 Å². The molecule has 0 unspecified atom stereocenters. The van der Waals surface area contributed by atoms with Gasteiger partial charge in [-0.25, -0.2) is 14.8 Å². The van der Waals surface area contributed by atoms with Gasteiger partial charge < -0.3 is 15.5 Å². The number of carbonyl (C=O) groups is 1. The first-order valence-corrected chi connectivity index (χ1v) is 9.62. The van der Waals surface area contributed by atoms with Crippen molar-refractivity contribution >= 4 is 12.0 Å². The van der Waals surface area contributed by atoms with E-state index in [1.807, 2.05) is 6.07 Å². The van der Waals surface area contributed by atoms with E-state index in [1.54, 1.807) is 12.4 Å². The number of carbonyl (C=O) groups excluding carboxylic acids is 1. The van der Waals surface area contributed by atoms with Crippen LogP contribution in [0.4, 0.5) is 10.7 Å². The first-order chi connectivity index (χ1) is 12.3. The molecule has 3 fully saturated rings. The third-order valence-corrected chi connectivity index (χ3v) is 5.84. The van der Waals surface area contributed by atoms with Crippen LogP contribution in [0.15, 0.2) is 18.5 Å². The number of rotatable bonds is 3. The summed E-state index contributed by atoms with van der Waals surface area (Å²) in [7, 11) is 0. The normalized spacial score (nSPS) is 27.8. The summed E-state index contributed by atoms with van der Waals surface area (Å²) in [5.41, 5.74) is 0. The van der Waals surface area contributed by atoms with Crippen LogP contribution in [0.5, 0.6) is 0 Å². The van der Waals surface area contributed by atoms with Crippen molar-refractivity contribution < 1.29 is 4.79 Å². The molecule has 2 amide bonds. The number of amides is 2. The SMILES string of the molecule is O=C(NC1CCN(c2ncccn2)CC1)N[C@@H]1CCN2CCCC[C@H]12. The van der Waals surface area contributed by atoms with Crippen molar-refractivity contribution in [3.05, 3.63) is 18.5 Å². The van der Waals surface area contributed by atoms with Crippen molar-refractivity contribution in [3.63, 3.8) is 0 Å². The Kier molecular flexibility index (Phi) is 5.01. The molecule has 7 nitrogen and oxygen atoms in total. The monoisotopic (exact) mass is 344 g/mol. The Balaban J connectivity index is 1.23. The summed E-state index contributed by atoms with van der Waals surface area (Å²) >= 11 is 0. The number of anilines is 1. The minimum absolute atomic E-state index is 0.00633. The van der Waals surface area contributed by atoms with Crippen LogP contribution in [0.3, 0.4) is 0 Å². The Morgan fingerprint density at radius 2 is 1.76 bits per heavy atom. The van der Waals surface area contributed by atoms with E-state index in [0.717, 1.165) is 44.8 Å². The highest BCUT2D eigenvalue weighted by molar-refractivity contribution is 5.74. The van der Waals surface area contributed by atoms with Crippen molar-refractivity contribution in [2.75, 3.05) is 31.1 Å². The molecular weight excluding hydrogens is 316 g/mol. The molecular formula is C18H28N6O. The van der Waals surface area contributed by atoms with Gasteiger partial charge in [-0.05, 0) is 44.7 Å². The number of nitrogens with zero attached hydrogens (tertiary/aromatic N) is 4. The Morgan fingerprint density at radius 1 is 0.960 bits per heavy atom. The van der Waals surface area contributed by atoms with Gasteiger partial charge in [0.2, 0.25) is 5.95 Å². The summed E-state index contributed by atoms with van der Waals surface area (Å²) in [6, 6.07) is 2.95. The molecule has 0 aliphatic carbocycles. The van der Waals surface area contributed by atoms with Crippen LogP contribution >= 0.6 is 0 Å². The van der Waals surface area contributed by atoms with Crippen LogP contribution in [0.2, 0.25) is 0 Å². The van der Waals surface area contributed by atoms with Gasteiger partial charge in [0.05, 0.1) is 0 Å². The lowest BCUT2D eigenvalue weighted by atomic mass is 9.99. The Bertz CT molecular complexity index is 574. The molecule has 1 aromatic heterocycles. The molecule has 2 N–H and O–H groups in total. The van der Waals surface area contributed by atoms with Crippen LogP contribution < -0.4 is 15.5 Å². The highest BCUT2D eigenvalue weighted by atomic mass is 16.2. The zero-order chi connectivity index (χ0) is 17.1. The molecule has 7 heteroatoms. The maximum absolute atomic E-state index is 12.4. The number of hydrogen-bond acceptors (Lipinski definition) is 5. The quantitative estimate of drug-likeness (QED) is 0.866. The predicted molar refractivity (Wildman–Crippen MR) is 96.6 cm³/mol. The Morgan fingerprint density at radius 3 is 2.56 bits per heavy atom. The molecule has 0 aromatic carbocycles. The van der Waals surface area contributed by atoms with Crippen LogP contribution in [0, 0.1) is 0 Å². The van der Waals surface area contributed by atoms with Gasteiger partial charge in [0.15, 0.2) is 0 Å². The second kappa shape index (κ2) is 7.56. The van der Waals surface area contributed by atoms with Crippen LogP contribution in [0.25, 0.3) is 0 Å². The van der Waals surface area contributed by atoms with E-state index in [-0.39, 0.29) is 12.1 Å². The summed E-state index contributed by atoms with van der Waals surface area (Å²) in [4.78, 5) is 25.8. The Hall–Kier alpha value is -1.89. The van der Waals surface area contributed by atoms with E-state index in [1.165, 1.54) is 25.8 Å². The number of piperidine rings is 2. The van der Waals surface area contributed by atoms with Gasteiger partial charge in [-0.3, -0.25) is 4.90 Å². The largest absolute Gasteiger partial charge is 0.341 e. The summed E-state index contributed by atoms with van der Waals surface area (Å²) in [6.45, 7) is 4.10. The van der Waals surface area contributed by atoms with Gasteiger partial charge in [0, 0.05) is 50.2 Å². The van der Waals surface area contributed by atoms with Gasteiger partial charge in [0.1, 0.15) is 0 Å². The fraction of sp³-hybridized carbons (Fsp3) is 0.722. The van der Waals surface area contributed by atoms with Crippen molar-refractivity contribution in [3.8, 4) is 0 Å². The van der Waals surface area contributed by atoms with Gasteiger partial charge >= 0.3 is 6.03 Å². The summed E-state index contributed by atoms with van der Waals surface area (Å²) < 4.78 is 0. The second-order valence-electron chi connectivity index (χ2n) is 7.42. The molecule has 3 aliphatic rings. The fourth-order valence-electron chi connectivity index (χ4n) is 4.49. The minimum atomic E-state index is 0.00633. The van der Waals surface area contributed by atoms with E-state index in [0.29, 0.717) is 12.1 Å². The lowest BCUT2D eigenvalue weighted by molar-refractivity contribution is 0.178. The smallest absolute Gasteiger partial charge is 0.315 e. The van der Waals surface area contributed by atoms with Gasteiger partial charge in [-0.1, -0.05) is 6.42 Å². The van der Waals surface area contributed by atoms with Crippen LogP contribution in [0.1, 0.15) is 38.5 Å². The topological polar surface area (TPSA) is 73.4 Å². The number of aromatic nitrogens is 2. The lowest BCUT2D eigenvalue weighted by Gasteiger charge is -2.34. The minimum Gasteiger partial charge on any atom is -0.341 e. The number of urea groups is 1. The second-order valence-corrected chi connectivity index (χ2v) is 7.42. The summed E-state index contributed by atoms with van der Waals surface area (Å²) in [6.07, 6.45) is 10.3. The molecule has 136 valence electrons. The first kappa shape index (κ1) is 16.6. The fourth-order valence-corrected chi connectivity index (χ4v) is 4.49. The average Bonchev–Trinajstić information content (AvgIpc) is 3.06.